The summed E-state index contributed by atoms with van der Waals surface area (Å²) in [5, 5.41) is 0. The predicted octanol–water partition coefficient (Wildman–Crippen LogP) is 3.73. The molecule has 0 saturated carbocycles. The second-order valence-corrected chi connectivity index (χ2v) is 5.06. The number of hydrogen-bond donors (Lipinski definition) is 1. The van der Waals surface area contributed by atoms with Gasteiger partial charge in [0, 0.05) is 0 Å². The van der Waals surface area contributed by atoms with Gasteiger partial charge < -0.3 is 15.2 Å². The first-order chi connectivity index (χ1) is 10.2. The highest BCUT2D eigenvalue weighted by molar-refractivity contribution is 5.39. The van der Waals surface area contributed by atoms with Crippen LogP contribution in [0.15, 0.2) is 48.5 Å². The van der Waals surface area contributed by atoms with Gasteiger partial charge in [-0.2, -0.15) is 0 Å². The molecule has 2 aromatic rings. The van der Waals surface area contributed by atoms with Crippen molar-refractivity contribution in [1.29, 1.82) is 0 Å². The van der Waals surface area contributed by atoms with Gasteiger partial charge in [0.1, 0.15) is 6.61 Å². The molecule has 2 rings (SSSR count). The first-order valence-corrected chi connectivity index (χ1v) is 7.34. The minimum absolute atomic E-state index is 0.148. The molecule has 112 valence electrons. The van der Waals surface area contributed by atoms with Gasteiger partial charge in [-0.05, 0) is 29.7 Å². The maximum absolute atomic E-state index is 6.19. The van der Waals surface area contributed by atoms with Crippen LogP contribution in [0.3, 0.4) is 0 Å². The third kappa shape index (κ3) is 4.23. The molecule has 0 amide bonds. The van der Waals surface area contributed by atoms with Gasteiger partial charge in [0.05, 0.1) is 13.2 Å². The van der Waals surface area contributed by atoms with Crippen molar-refractivity contribution in [2.75, 3.05) is 13.7 Å². The average Bonchev–Trinajstić information content (AvgIpc) is 2.54. The van der Waals surface area contributed by atoms with E-state index >= 15 is 0 Å². The normalized spacial score (nSPS) is 12.0. The quantitative estimate of drug-likeness (QED) is 0.843. The first kappa shape index (κ1) is 15.4. The van der Waals surface area contributed by atoms with Crippen molar-refractivity contribution in [3.8, 4) is 11.5 Å². The van der Waals surface area contributed by atoms with Gasteiger partial charge in [-0.3, -0.25) is 0 Å². The van der Waals surface area contributed by atoms with Crippen LogP contribution in [0.5, 0.6) is 11.5 Å². The summed E-state index contributed by atoms with van der Waals surface area (Å²) < 4.78 is 11.0. The van der Waals surface area contributed by atoms with Crippen molar-refractivity contribution in [3.05, 3.63) is 59.7 Å². The fraction of sp³-hybridized carbons (Fsp3) is 0.333. The molecule has 0 heterocycles. The molecule has 0 aromatic heterocycles. The molecule has 0 radical (unpaired) electrons. The van der Waals surface area contributed by atoms with Crippen molar-refractivity contribution in [2.45, 2.75) is 25.8 Å². The van der Waals surface area contributed by atoms with E-state index in [0.717, 1.165) is 29.9 Å². The lowest BCUT2D eigenvalue weighted by Crippen LogP contribution is -2.19. The van der Waals surface area contributed by atoms with Crippen LogP contribution in [0.25, 0.3) is 0 Å². The Hall–Kier alpha value is -2.00. The molecule has 0 aliphatic carbocycles. The number of aryl methyl sites for hydroxylation is 1. The number of benzene rings is 2. The lowest BCUT2D eigenvalue weighted by molar-refractivity contribution is 0.273. The van der Waals surface area contributed by atoms with Crippen molar-refractivity contribution < 1.29 is 9.47 Å². The van der Waals surface area contributed by atoms with E-state index in [1.807, 2.05) is 24.3 Å². The van der Waals surface area contributed by atoms with E-state index < -0.39 is 0 Å². The van der Waals surface area contributed by atoms with Crippen LogP contribution in [0.4, 0.5) is 0 Å². The topological polar surface area (TPSA) is 44.5 Å². The Balaban J connectivity index is 1.96. The largest absolute Gasteiger partial charge is 0.493 e. The van der Waals surface area contributed by atoms with Crippen LogP contribution >= 0.6 is 0 Å². The molecular formula is C18H23NO2. The molecule has 3 nitrogen and oxygen atoms in total. The monoisotopic (exact) mass is 285 g/mol. The first-order valence-electron chi connectivity index (χ1n) is 7.34. The zero-order valence-electron chi connectivity index (χ0n) is 12.7. The number of hydrogen-bond acceptors (Lipinski definition) is 3. The summed E-state index contributed by atoms with van der Waals surface area (Å²) in [7, 11) is 1.63. The van der Waals surface area contributed by atoms with Crippen molar-refractivity contribution in [1.82, 2.24) is 0 Å². The van der Waals surface area contributed by atoms with Gasteiger partial charge in [0.2, 0.25) is 0 Å². The average molecular weight is 285 g/mol. The van der Waals surface area contributed by atoms with Crippen LogP contribution in [0.1, 0.15) is 30.5 Å². The van der Waals surface area contributed by atoms with Gasteiger partial charge in [0.25, 0.3) is 0 Å². The zero-order chi connectivity index (χ0) is 15.1. The molecule has 21 heavy (non-hydrogen) atoms. The number of ether oxygens (including phenoxy) is 2. The molecule has 1 atom stereocenters. The summed E-state index contributed by atoms with van der Waals surface area (Å²) in [5.74, 6) is 1.45. The lowest BCUT2D eigenvalue weighted by atomic mass is 10.0. The van der Waals surface area contributed by atoms with Gasteiger partial charge in [-0.15, -0.1) is 0 Å². The van der Waals surface area contributed by atoms with E-state index in [4.69, 9.17) is 15.2 Å². The summed E-state index contributed by atoms with van der Waals surface area (Å²) in [6.07, 6.45) is 2.26. The summed E-state index contributed by atoms with van der Waals surface area (Å²) in [5.41, 5.74) is 8.63. The number of para-hydroxylation sites is 2. The van der Waals surface area contributed by atoms with E-state index in [-0.39, 0.29) is 6.04 Å². The molecule has 0 bridgehead atoms. The van der Waals surface area contributed by atoms with Crippen LogP contribution in [0, 0.1) is 0 Å². The van der Waals surface area contributed by atoms with Crippen LogP contribution in [0.2, 0.25) is 0 Å². The van der Waals surface area contributed by atoms with Gasteiger partial charge >= 0.3 is 0 Å². The summed E-state index contributed by atoms with van der Waals surface area (Å²) in [4.78, 5) is 0. The molecular weight excluding hydrogens is 262 g/mol. The SMILES string of the molecule is CCCc1ccc(C(N)COc2ccccc2OC)cc1. The van der Waals surface area contributed by atoms with E-state index in [0.29, 0.717) is 6.61 Å². The maximum atomic E-state index is 6.19. The third-order valence-corrected chi connectivity index (χ3v) is 3.43. The maximum Gasteiger partial charge on any atom is 0.161 e. The molecule has 0 saturated heterocycles. The van der Waals surface area contributed by atoms with Crippen LogP contribution < -0.4 is 15.2 Å². The Bertz CT molecular complexity index is 551. The number of nitrogens with two attached hydrogens (primary N) is 1. The van der Waals surface area contributed by atoms with Gasteiger partial charge in [-0.25, -0.2) is 0 Å². The minimum atomic E-state index is -0.148. The van der Waals surface area contributed by atoms with E-state index in [9.17, 15) is 0 Å². The fourth-order valence-corrected chi connectivity index (χ4v) is 2.23. The summed E-state index contributed by atoms with van der Waals surface area (Å²) in [6.45, 7) is 2.61. The summed E-state index contributed by atoms with van der Waals surface area (Å²) in [6, 6.07) is 15.9. The molecule has 0 aliphatic heterocycles. The smallest absolute Gasteiger partial charge is 0.161 e. The number of rotatable bonds is 7. The molecule has 1 unspecified atom stereocenters. The van der Waals surface area contributed by atoms with Crippen molar-refractivity contribution in [3.63, 3.8) is 0 Å². The van der Waals surface area contributed by atoms with E-state index in [1.54, 1.807) is 7.11 Å². The van der Waals surface area contributed by atoms with Crippen molar-refractivity contribution in [2.24, 2.45) is 5.73 Å². The Morgan fingerprint density at radius 2 is 1.67 bits per heavy atom. The van der Waals surface area contributed by atoms with E-state index in [1.165, 1.54) is 5.56 Å². The second kappa shape index (κ2) is 7.70. The Morgan fingerprint density at radius 1 is 1.00 bits per heavy atom. The Morgan fingerprint density at radius 3 is 2.29 bits per heavy atom. The van der Waals surface area contributed by atoms with Crippen molar-refractivity contribution >= 4 is 0 Å². The van der Waals surface area contributed by atoms with E-state index in [2.05, 4.69) is 31.2 Å². The Kier molecular flexibility index (Phi) is 5.64. The zero-order valence-corrected chi connectivity index (χ0v) is 12.7. The Labute approximate surface area is 126 Å². The van der Waals surface area contributed by atoms with Crippen LogP contribution in [-0.4, -0.2) is 13.7 Å². The fourth-order valence-electron chi connectivity index (χ4n) is 2.23. The summed E-state index contributed by atoms with van der Waals surface area (Å²) >= 11 is 0. The molecule has 0 spiro atoms. The molecule has 0 aliphatic rings. The highest BCUT2D eigenvalue weighted by Gasteiger charge is 2.09. The molecule has 3 heteroatoms. The minimum Gasteiger partial charge on any atom is -0.493 e. The lowest BCUT2D eigenvalue weighted by Gasteiger charge is -2.15. The van der Waals surface area contributed by atoms with Gasteiger partial charge in [-0.1, -0.05) is 49.7 Å². The molecule has 0 fully saturated rings. The van der Waals surface area contributed by atoms with Crippen LogP contribution in [-0.2, 0) is 6.42 Å². The second-order valence-electron chi connectivity index (χ2n) is 5.06. The number of methoxy groups -OCH3 is 1. The highest BCUT2D eigenvalue weighted by Crippen LogP contribution is 2.26. The molecule has 2 N–H and O–H groups in total. The standard InChI is InChI=1S/C18H23NO2/c1-3-6-14-9-11-15(12-10-14)16(19)13-21-18-8-5-4-7-17(18)20-2/h4-5,7-12,16H,3,6,13,19H2,1-2H3. The van der Waals surface area contributed by atoms with Gasteiger partial charge in [0.15, 0.2) is 11.5 Å². The predicted molar refractivity (Wildman–Crippen MR) is 85.9 cm³/mol. The molecule has 2 aromatic carbocycles. The third-order valence-electron chi connectivity index (χ3n) is 3.43. The highest BCUT2D eigenvalue weighted by atomic mass is 16.5.